The number of allylic oxidation sites excluding steroid dienone is 7. The van der Waals surface area contributed by atoms with Crippen LogP contribution in [0.2, 0.25) is 0 Å². The van der Waals surface area contributed by atoms with E-state index < -0.39 is 0 Å². The molecule has 1 heteroatoms. The molecule has 0 saturated heterocycles. The van der Waals surface area contributed by atoms with Crippen molar-refractivity contribution in [2.45, 2.75) is 13.8 Å². The minimum absolute atomic E-state index is 0.160. The first kappa shape index (κ1) is 8.98. The second kappa shape index (κ2) is 3.53. The third-order valence-electron chi connectivity index (χ3n) is 2.19. The van der Waals surface area contributed by atoms with E-state index in [1.165, 1.54) is 6.08 Å². The SMILES string of the molecule is C=CC1=C(C)C(C)C=C(F)C=C1. The van der Waals surface area contributed by atoms with Crippen LogP contribution in [0.1, 0.15) is 13.8 Å². The van der Waals surface area contributed by atoms with Crippen molar-refractivity contribution in [3.05, 3.63) is 47.9 Å². The molecule has 0 spiro atoms. The third-order valence-corrected chi connectivity index (χ3v) is 2.19. The molecule has 1 unspecified atom stereocenters. The average Bonchev–Trinajstić information content (AvgIpc) is 2.14. The molecule has 0 N–H and O–H groups in total. The van der Waals surface area contributed by atoms with Crippen LogP contribution in [0.4, 0.5) is 4.39 Å². The average molecular weight is 164 g/mol. The number of halogens is 1. The molecular weight excluding hydrogens is 151 g/mol. The van der Waals surface area contributed by atoms with Crippen molar-refractivity contribution < 1.29 is 4.39 Å². The summed E-state index contributed by atoms with van der Waals surface area (Å²) in [5, 5.41) is 0. The zero-order valence-electron chi connectivity index (χ0n) is 7.47. The number of hydrogen-bond donors (Lipinski definition) is 0. The minimum Gasteiger partial charge on any atom is -0.207 e. The third kappa shape index (κ3) is 1.73. The fraction of sp³-hybridized carbons (Fsp3) is 0.273. The van der Waals surface area contributed by atoms with E-state index in [0.717, 1.165) is 11.1 Å². The fourth-order valence-corrected chi connectivity index (χ4v) is 1.21. The molecule has 0 aliphatic heterocycles. The molecule has 0 radical (unpaired) electrons. The van der Waals surface area contributed by atoms with Crippen molar-refractivity contribution in [1.29, 1.82) is 0 Å². The lowest BCUT2D eigenvalue weighted by molar-refractivity contribution is 0.650. The van der Waals surface area contributed by atoms with Crippen molar-refractivity contribution in [1.82, 2.24) is 0 Å². The van der Waals surface area contributed by atoms with Gasteiger partial charge in [0.2, 0.25) is 0 Å². The van der Waals surface area contributed by atoms with E-state index in [4.69, 9.17) is 0 Å². The van der Waals surface area contributed by atoms with Gasteiger partial charge in [0.1, 0.15) is 5.83 Å². The molecule has 0 aromatic carbocycles. The molecule has 0 saturated carbocycles. The highest BCUT2D eigenvalue weighted by molar-refractivity contribution is 5.41. The highest BCUT2D eigenvalue weighted by Gasteiger charge is 2.08. The quantitative estimate of drug-likeness (QED) is 0.556. The van der Waals surface area contributed by atoms with Crippen molar-refractivity contribution in [3.63, 3.8) is 0 Å². The topological polar surface area (TPSA) is 0 Å². The molecule has 12 heavy (non-hydrogen) atoms. The zero-order chi connectivity index (χ0) is 9.14. The smallest absolute Gasteiger partial charge is 0.119 e. The van der Waals surface area contributed by atoms with E-state index in [1.54, 1.807) is 18.2 Å². The second-order valence-corrected chi connectivity index (χ2v) is 3.02. The molecule has 1 atom stereocenters. The molecule has 0 aromatic rings. The van der Waals surface area contributed by atoms with Crippen LogP contribution >= 0.6 is 0 Å². The highest BCUT2D eigenvalue weighted by atomic mass is 19.1. The lowest BCUT2D eigenvalue weighted by Gasteiger charge is -2.07. The molecule has 1 aliphatic rings. The molecular formula is C11H13F. The Hall–Kier alpha value is -1.11. The van der Waals surface area contributed by atoms with Crippen LogP contribution in [-0.2, 0) is 0 Å². The van der Waals surface area contributed by atoms with Crippen LogP contribution in [0.3, 0.4) is 0 Å². The zero-order valence-corrected chi connectivity index (χ0v) is 7.47. The summed E-state index contributed by atoms with van der Waals surface area (Å²) < 4.78 is 12.9. The van der Waals surface area contributed by atoms with E-state index in [1.807, 2.05) is 13.8 Å². The van der Waals surface area contributed by atoms with E-state index in [0.29, 0.717) is 0 Å². The van der Waals surface area contributed by atoms with Crippen LogP contribution in [0.5, 0.6) is 0 Å². The second-order valence-electron chi connectivity index (χ2n) is 3.02. The molecule has 0 fully saturated rings. The van der Waals surface area contributed by atoms with Gasteiger partial charge in [-0.2, -0.15) is 0 Å². The van der Waals surface area contributed by atoms with E-state index >= 15 is 0 Å². The molecule has 64 valence electrons. The number of hydrogen-bond acceptors (Lipinski definition) is 0. The Bertz CT molecular complexity index is 279. The minimum atomic E-state index is -0.168. The van der Waals surface area contributed by atoms with Crippen molar-refractivity contribution in [3.8, 4) is 0 Å². The van der Waals surface area contributed by atoms with E-state index in [-0.39, 0.29) is 11.7 Å². The van der Waals surface area contributed by atoms with Crippen molar-refractivity contribution in [2.24, 2.45) is 5.92 Å². The summed E-state index contributed by atoms with van der Waals surface area (Å²) in [6, 6.07) is 0. The fourth-order valence-electron chi connectivity index (χ4n) is 1.21. The van der Waals surface area contributed by atoms with Crippen molar-refractivity contribution in [2.75, 3.05) is 0 Å². The molecule has 0 bridgehead atoms. The summed E-state index contributed by atoms with van der Waals surface area (Å²) in [4.78, 5) is 0. The monoisotopic (exact) mass is 164 g/mol. The van der Waals surface area contributed by atoms with Crippen LogP contribution < -0.4 is 0 Å². The highest BCUT2D eigenvalue weighted by Crippen LogP contribution is 2.23. The van der Waals surface area contributed by atoms with Crippen LogP contribution in [0.25, 0.3) is 0 Å². The van der Waals surface area contributed by atoms with Gasteiger partial charge in [-0.15, -0.1) is 0 Å². The van der Waals surface area contributed by atoms with Crippen LogP contribution in [0, 0.1) is 5.92 Å². The molecule has 1 aliphatic carbocycles. The summed E-state index contributed by atoms with van der Waals surface area (Å²) in [6.07, 6.45) is 6.61. The molecule has 0 heterocycles. The normalized spacial score (nSPS) is 23.6. The lowest BCUT2D eigenvalue weighted by Crippen LogP contribution is -1.93. The molecule has 0 aromatic heterocycles. The van der Waals surface area contributed by atoms with Gasteiger partial charge >= 0.3 is 0 Å². The molecule has 1 rings (SSSR count). The van der Waals surface area contributed by atoms with Crippen LogP contribution in [0.15, 0.2) is 47.9 Å². The Morgan fingerprint density at radius 2 is 2.17 bits per heavy atom. The Morgan fingerprint density at radius 1 is 1.50 bits per heavy atom. The van der Waals surface area contributed by atoms with Crippen molar-refractivity contribution >= 4 is 0 Å². The van der Waals surface area contributed by atoms with Gasteiger partial charge in [0.15, 0.2) is 0 Å². The summed E-state index contributed by atoms with van der Waals surface area (Å²) in [5.74, 6) is -0.00769. The van der Waals surface area contributed by atoms with Gasteiger partial charge < -0.3 is 0 Å². The summed E-state index contributed by atoms with van der Waals surface area (Å²) in [7, 11) is 0. The molecule has 0 nitrogen and oxygen atoms in total. The maximum absolute atomic E-state index is 12.9. The Kier molecular flexibility index (Phi) is 2.64. The predicted molar refractivity (Wildman–Crippen MR) is 50.4 cm³/mol. The summed E-state index contributed by atoms with van der Waals surface area (Å²) in [5.41, 5.74) is 2.18. The first-order valence-electron chi connectivity index (χ1n) is 4.03. The van der Waals surface area contributed by atoms with Gasteiger partial charge in [-0.3, -0.25) is 0 Å². The molecule has 0 amide bonds. The van der Waals surface area contributed by atoms with E-state index in [2.05, 4.69) is 6.58 Å². The Balaban J connectivity index is 3.09. The van der Waals surface area contributed by atoms with Gasteiger partial charge in [0.25, 0.3) is 0 Å². The maximum atomic E-state index is 12.9. The van der Waals surface area contributed by atoms with E-state index in [9.17, 15) is 4.39 Å². The Morgan fingerprint density at radius 3 is 2.75 bits per heavy atom. The van der Waals surface area contributed by atoms with Crippen LogP contribution in [-0.4, -0.2) is 0 Å². The van der Waals surface area contributed by atoms with Gasteiger partial charge in [0.05, 0.1) is 0 Å². The number of rotatable bonds is 1. The predicted octanol–water partition coefficient (Wildman–Crippen LogP) is 3.55. The Labute approximate surface area is 72.8 Å². The lowest BCUT2D eigenvalue weighted by atomic mass is 9.98. The van der Waals surface area contributed by atoms with Gasteiger partial charge in [-0.1, -0.05) is 31.2 Å². The standard InChI is InChI=1S/C11H13F/c1-4-10-5-6-11(12)7-8(2)9(10)3/h4-8H,1H2,2-3H3. The van der Waals surface area contributed by atoms with Gasteiger partial charge in [-0.25, -0.2) is 4.39 Å². The first-order valence-corrected chi connectivity index (χ1v) is 4.03. The maximum Gasteiger partial charge on any atom is 0.119 e. The van der Waals surface area contributed by atoms with Gasteiger partial charge in [-0.05, 0) is 30.6 Å². The first-order chi connectivity index (χ1) is 5.65. The summed E-state index contributed by atoms with van der Waals surface area (Å²) >= 11 is 0. The summed E-state index contributed by atoms with van der Waals surface area (Å²) in [6.45, 7) is 7.66. The largest absolute Gasteiger partial charge is 0.207 e. The van der Waals surface area contributed by atoms with Gasteiger partial charge in [0, 0.05) is 0 Å².